The van der Waals surface area contributed by atoms with E-state index in [1.807, 2.05) is 0 Å². The molecule has 1 unspecified atom stereocenters. The molecule has 36 heavy (non-hydrogen) atoms. The first-order valence-electron chi connectivity index (χ1n) is 11.3. The van der Waals surface area contributed by atoms with Crippen molar-refractivity contribution >= 4 is 19.6 Å². The molecule has 2 rings (SSSR count). The van der Waals surface area contributed by atoms with E-state index < -0.39 is 67.5 Å². The summed E-state index contributed by atoms with van der Waals surface area (Å²) in [4.78, 5) is 49.8. The Bertz CT molecular complexity index is 1110. The minimum atomic E-state index is -4.33. The molecule has 3 N–H and O–H groups in total. The van der Waals surface area contributed by atoms with Crippen LogP contribution in [0, 0.1) is 5.92 Å². The van der Waals surface area contributed by atoms with Crippen molar-refractivity contribution in [3.05, 3.63) is 45.8 Å². The topological polar surface area (TPSA) is 167 Å². The van der Waals surface area contributed by atoms with Gasteiger partial charge in [-0.25, -0.2) is 24.2 Å². The van der Waals surface area contributed by atoms with Crippen molar-refractivity contribution in [2.24, 2.45) is 5.92 Å². The molecule has 202 valence electrons. The summed E-state index contributed by atoms with van der Waals surface area (Å²) in [5.74, 6) is -4.62. The first kappa shape index (κ1) is 29.6. The van der Waals surface area contributed by atoms with Crippen LogP contribution in [-0.4, -0.2) is 59.2 Å². The molecule has 1 saturated heterocycles. The number of hydrogen-bond donors (Lipinski definition) is 3. The Morgan fingerprint density at radius 3 is 2.56 bits per heavy atom. The summed E-state index contributed by atoms with van der Waals surface area (Å²) in [6, 6.07) is -1.39. The molecule has 0 amide bonds. The van der Waals surface area contributed by atoms with Gasteiger partial charge in [0.05, 0.1) is 13.2 Å². The molecule has 1 aliphatic rings. The van der Waals surface area contributed by atoms with Gasteiger partial charge in [0.1, 0.15) is 24.9 Å². The number of esters is 2. The molecule has 0 aliphatic carbocycles. The summed E-state index contributed by atoms with van der Waals surface area (Å²) in [6.45, 7) is 8.83. The van der Waals surface area contributed by atoms with Crippen molar-refractivity contribution in [1.29, 1.82) is 0 Å². The minimum Gasteiger partial charge on any atom is -0.465 e. The number of nitrogens with one attached hydrogen (secondary N) is 3. The number of H-pyrrole nitrogens is 1. The zero-order valence-electron chi connectivity index (χ0n) is 20.5. The number of aromatic amines is 1. The van der Waals surface area contributed by atoms with Crippen LogP contribution in [0.25, 0.3) is 0 Å². The summed E-state index contributed by atoms with van der Waals surface area (Å²) in [5.41, 5.74) is -1.41. The number of nitrogens with zero attached hydrogens (tertiary/aromatic N) is 1. The van der Waals surface area contributed by atoms with Crippen molar-refractivity contribution < 1.29 is 37.3 Å². The summed E-state index contributed by atoms with van der Waals surface area (Å²) in [5, 5.41) is 4.83. The van der Waals surface area contributed by atoms with E-state index in [0.29, 0.717) is 0 Å². The van der Waals surface area contributed by atoms with E-state index in [-0.39, 0.29) is 19.6 Å². The van der Waals surface area contributed by atoms with Crippen LogP contribution in [0.5, 0.6) is 0 Å². The summed E-state index contributed by atoms with van der Waals surface area (Å²) in [7, 11) is -4.33. The highest BCUT2D eigenvalue weighted by Crippen LogP contribution is 2.46. The average molecular weight is 534 g/mol. The molecular weight excluding hydrogens is 502 g/mol. The third-order valence-electron chi connectivity index (χ3n) is 5.12. The largest absolute Gasteiger partial charge is 0.465 e. The fourth-order valence-electron chi connectivity index (χ4n) is 3.50. The SMILES string of the molecule is C=C[C@H](NP(=O)(N[C@@H](C)C(=O)OCC)OC[C@]1(F)C[C@H](C)[C@H](n2ccc(=O)[nH]c2=O)O1)C(=O)OCC. The molecule has 0 bridgehead atoms. The van der Waals surface area contributed by atoms with E-state index in [0.717, 1.165) is 16.7 Å². The number of carbonyl (C=O) groups excluding carboxylic acids is 2. The summed E-state index contributed by atoms with van der Waals surface area (Å²) in [6.07, 6.45) is 0.960. The van der Waals surface area contributed by atoms with Crippen LogP contribution in [0.15, 0.2) is 34.5 Å². The van der Waals surface area contributed by atoms with Gasteiger partial charge in [0.25, 0.3) is 5.56 Å². The highest BCUT2D eigenvalue weighted by Gasteiger charge is 2.48. The zero-order valence-corrected chi connectivity index (χ0v) is 21.4. The molecule has 0 aromatic carbocycles. The molecule has 2 heterocycles. The number of hydrogen-bond acceptors (Lipinski definition) is 9. The number of rotatable bonds is 13. The minimum absolute atomic E-state index is 0.0352. The van der Waals surface area contributed by atoms with Crippen LogP contribution in [-0.2, 0) is 32.9 Å². The average Bonchev–Trinajstić information content (AvgIpc) is 3.11. The van der Waals surface area contributed by atoms with Crippen molar-refractivity contribution in [3.63, 3.8) is 0 Å². The second-order valence-corrected chi connectivity index (χ2v) is 9.99. The Hall–Kier alpha value is -2.64. The predicted molar refractivity (Wildman–Crippen MR) is 126 cm³/mol. The molecule has 1 aliphatic heterocycles. The monoisotopic (exact) mass is 534 g/mol. The predicted octanol–water partition coefficient (Wildman–Crippen LogP) is 1.13. The van der Waals surface area contributed by atoms with Gasteiger partial charge in [0.2, 0.25) is 5.85 Å². The molecular formula is C21H32FN4O9P. The summed E-state index contributed by atoms with van der Waals surface area (Å²) >= 11 is 0. The van der Waals surface area contributed by atoms with Gasteiger partial charge >= 0.3 is 25.3 Å². The van der Waals surface area contributed by atoms with E-state index in [1.165, 1.54) is 13.1 Å². The van der Waals surface area contributed by atoms with E-state index in [9.17, 15) is 23.7 Å². The molecule has 0 radical (unpaired) electrons. The van der Waals surface area contributed by atoms with Gasteiger partial charge in [-0.1, -0.05) is 13.0 Å². The Morgan fingerprint density at radius 2 is 1.97 bits per heavy atom. The van der Waals surface area contributed by atoms with E-state index in [1.54, 1.807) is 20.8 Å². The second-order valence-electron chi connectivity index (χ2n) is 8.11. The highest BCUT2D eigenvalue weighted by molar-refractivity contribution is 7.54. The van der Waals surface area contributed by atoms with Gasteiger partial charge in [0.15, 0.2) is 0 Å². The van der Waals surface area contributed by atoms with Gasteiger partial charge < -0.3 is 18.7 Å². The maximum Gasteiger partial charge on any atom is 0.342 e. The van der Waals surface area contributed by atoms with Crippen LogP contribution in [0.3, 0.4) is 0 Å². The molecule has 0 saturated carbocycles. The number of halogens is 1. The van der Waals surface area contributed by atoms with Gasteiger partial charge in [0, 0.05) is 24.6 Å². The van der Waals surface area contributed by atoms with E-state index in [4.69, 9.17) is 18.7 Å². The first-order chi connectivity index (χ1) is 16.9. The third-order valence-corrected chi connectivity index (χ3v) is 6.96. The van der Waals surface area contributed by atoms with Crippen LogP contribution >= 0.6 is 7.67 Å². The van der Waals surface area contributed by atoms with Gasteiger partial charge in [-0.15, -0.1) is 6.58 Å². The first-order valence-corrected chi connectivity index (χ1v) is 12.9. The van der Waals surface area contributed by atoms with Crippen molar-refractivity contribution in [2.45, 2.75) is 58.3 Å². The number of aromatic nitrogens is 2. The number of alkyl halides is 1. The van der Waals surface area contributed by atoms with Crippen LogP contribution in [0.4, 0.5) is 4.39 Å². The van der Waals surface area contributed by atoms with E-state index >= 15 is 4.39 Å². The van der Waals surface area contributed by atoms with Crippen molar-refractivity contribution in [3.8, 4) is 0 Å². The maximum atomic E-state index is 15.6. The Morgan fingerprint density at radius 1 is 1.33 bits per heavy atom. The molecule has 0 spiro atoms. The Balaban J connectivity index is 2.24. The fraction of sp³-hybridized carbons (Fsp3) is 0.619. The van der Waals surface area contributed by atoms with E-state index in [2.05, 4.69) is 21.7 Å². The lowest BCUT2D eigenvalue weighted by Gasteiger charge is -2.28. The number of carbonyl (C=O) groups is 2. The smallest absolute Gasteiger partial charge is 0.342 e. The zero-order chi connectivity index (χ0) is 27.1. The fourth-order valence-corrected chi connectivity index (χ4v) is 5.30. The van der Waals surface area contributed by atoms with Crippen molar-refractivity contribution in [2.75, 3.05) is 19.8 Å². The number of ether oxygens (including phenoxy) is 3. The van der Waals surface area contributed by atoms with Gasteiger partial charge in [-0.05, 0) is 20.8 Å². The van der Waals surface area contributed by atoms with Crippen LogP contribution < -0.4 is 21.4 Å². The van der Waals surface area contributed by atoms with Crippen molar-refractivity contribution in [1.82, 2.24) is 19.7 Å². The van der Waals surface area contributed by atoms with Gasteiger partial charge in [-0.3, -0.25) is 23.7 Å². The summed E-state index contributed by atoms with van der Waals surface area (Å²) < 4.78 is 50.9. The standard InChI is InChI=1S/C21H32FN4O9P/c1-6-15(19(29)33-8-3)25-36(31,24-14(5)18(28)32-7-2)34-12-21(22)11-13(4)17(35-21)26-10-9-16(27)23-20(26)30/h6,9-10,13-15,17H,1,7-8,11-12H2,2-5H3,(H,23,27,30)(H2,24,25,31)/t13-,14-,15-,17+,21-,36?/m0/s1. The maximum absolute atomic E-state index is 15.6. The second kappa shape index (κ2) is 12.5. The highest BCUT2D eigenvalue weighted by atomic mass is 31.2. The van der Waals surface area contributed by atoms with Crippen LogP contribution in [0.1, 0.15) is 40.3 Å². The molecule has 1 aromatic heterocycles. The van der Waals surface area contributed by atoms with Crippen LogP contribution in [0.2, 0.25) is 0 Å². The lowest BCUT2D eigenvalue weighted by atomic mass is 10.1. The quantitative estimate of drug-likeness (QED) is 0.189. The molecule has 1 aromatic rings. The lowest BCUT2D eigenvalue weighted by Crippen LogP contribution is -2.44. The third kappa shape index (κ3) is 7.68. The van der Waals surface area contributed by atoms with Gasteiger partial charge in [-0.2, -0.15) is 0 Å². The molecule has 13 nitrogen and oxygen atoms in total. The molecule has 1 fully saturated rings. The lowest BCUT2D eigenvalue weighted by molar-refractivity contribution is -0.174. The molecule has 15 heteroatoms. The Kier molecular flexibility index (Phi) is 10.3. The normalized spacial score (nSPS) is 24.9. The Labute approximate surface area is 206 Å². The molecule has 6 atom stereocenters.